The van der Waals surface area contributed by atoms with Gasteiger partial charge in [0.05, 0.1) is 6.42 Å². The highest BCUT2D eigenvalue weighted by molar-refractivity contribution is 14.1. The zero-order chi connectivity index (χ0) is 6.62. The number of hydrogen-bond acceptors (Lipinski definition) is 0. The second-order valence-corrected chi connectivity index (χ2v) is 1.90. The molecule has 0 rings (SSSR count). The molecule has 0 fully saturated rings. The largest absolute Gasteiger partial charge is 0.392 e. The molecule has 8 heavy (non-hydrogen) atoms. The van der Waals surface area contributed by atoms with Crippen molar-refractivity contribution in [1.29, 1.82) is 0 Å². The standard InChI is InChI=1S/C4H4F3I/c5-4(6,7)2-1-3-8/h1,3H,2H2/b3-1-. The molecule has 0 aliphatic rings. The molecule has 0 bridgehead atoms. The molecular weight excluding hydrogens is 232 g/mol. The van der Waals surface area contributed by atoms with Crippen LogP contribution in [-0.2, 0) is 0 Å². The molecule has 0 aromatic carbocycles. The quantitative estimate of drug-likeness (QED) is 0.614. The summed E-state index contributed by atoms with van der Waals surface area (Å²) >= 11 is 1.75. The van der Waals surface area contributed by atoms with Crippen LogP contribution in [0.5, 0.6) is 0 Å². The lowest BCUT2D eigenvalue weighted by molar-refractivity contribution is -0.124. The Kier molecular flexibility index (Phi) is 3.43. The Hall–Kier alpha value is 0.260. The Labute approximate surface area is 58.9 Å². The van der Waals surface area contributed by atoms with Gasteiger partial charge < -0.3 is 0 Å². The van der Waals surface area contributed by atoms with Gasteiger partial charge >= 0.3 is 6.18 Å². The van der Waals surface area contributed by atoms with E-state index in [0.717, 1.165) is 6.08 Å². The summed E-state index contributed by atoms with van der Waals surface area (Å²) in [7, 11) is 0. The predicted octanol–water partition coefficient (Wildman–Crippen LogP) is 2.89. The molecule has 0 aromatic rings. The van der Waals surface area contributed by atoms with Crippen molar-refractivity contribution >= 4 is 22.6 Å². The first-order valence-corrected chi connectivity index (χ1v) is 3.13. The van der Waals surface area contributed by atoms with E-state index in [1.807, 2.05) is 0 Å². The Balaban J connectivity index is 3.39. The van der Waals surface area contributed by atoms with Gasteiger partial charge in [-0.1, -0.05) is 28.7 Å². The third kappa shape index (κ3) is 6.26. The zero-order valence-electron chi connectivity index (χ0n) is 3.87. The van der Waals surface area contributed by atoms with E-state index in [0.29, 0.717) is 0 Å². The van der Waals surface area contributed by atoms with Crippen LogP contribution < -0.4 is 0 Å². The average molecular weight is 236 g/mol. The summed E-state index contributed by atoms with van der Waals surface area (Å²) in [6.07, 6.45) is -3.79. The second kappa shape index (κ2) is 3.32. The molecule has 0 atom stereocenters. The first-order chi connectivity index (χ1) is 3.56. The summed E-state index contributed by atoms with van der Waals surface area (Å²) in [5.74, 6) is 0. The maximum atomic E-state index is 11.2. The van der Waals surface area contributed by atoms with E-state index >= 15 is 0 Å². The highest BCUT2D eigenvalue weighted by Crippen LogP contribution is 2.19. The molecule has 0 saturated heterocycles. The molecule has 0 amide bonds. The molecule has 0 unspecified atom stereocenters. The number of halogens is 4. The van der Waals surface area contributed by atoms with Crippen molar-refractivity contribution in [3.63, 3.8) is 0 Å². The van der Waals surface area contributed by atoms with Crippen molar-refractivity contribution in [3.8, 4) is 0 Å². The van der Waals surface area contributed by atoms with Gasteiger partial charge in [0.15, 0.2) is 0 Å². The van der Waals surface area contributed by atoms with E-state index in [1.54, 1.807) is 22.6 Å². The summed E-state index contributed by atoms with van der Waals surface area (Å²) in [5, 5.41) is 0. The molecule has 0 heterocycles. The Morgan fingerprint density at radius 1 is 1.38 bits per heavy atom. The SMILES string of the molecule is FC(F)(F)C/C=C\I. The van der Waals surface area contributed by atoms with Crippen LogP contribution in [0.1, 0.15) is 6.42 Å². The first kappa shape index (κ1) is 8.26. The maximum absolute atomic E-state index is 11.2. The molecule has 48 valence electrons. The highest BCUT2D eigenvalue weighted by Gasteiger charge is 2.24. The second-order valence-electron chi connectivity index (χ2n) is 1.18. The molecule has 4 heteroatoms. The van der Waals surface area contributed by atoms with E-state index < -0.39 is 12.6 Å². The summed E-state index contributed by atoms with van der Waals surface area (Å²) < 4.78 is 34.9. The number of alkyl halides is 3. The minimum atomic E-state index is -4.04. The number of rotatable bonds is 1. The lowest BCUT2D eigenvalue weighted by Crippen LogP contribution is -2.03. The molecule has 0 aromatic heterocycles. The van der Waals surface area contributed by atoms with Crippen molar-refractivity contribution in [1.82, 2.24) is 0 Å². The van der Waals surface area contributed by atoms with Gasteiger partial charge in [-0.3, -0.25) is 0 Å². The molecule has 0 saturated carbocycles. The number of allylic oxidation sites excluding steroid dienone is 1. The third-order valence-corrected chi connectivity index (χ3v) is 0.947. The van der Waals surface area contributed by atoms with Gasteiger partial charge in [0.1, 0.15) is 0 Å². The summed E-state index contributed by atoms with van der Waals surface area (Å²) in [6, 6.07) is 0. The van der Waals surface area contributed by atoms with Crippen LogP contribution in [0, 0.1) is 0 Å². The van der Waals surface area contributed by atoms with E-state index in [9.17, 15) is 13.2 Å². The smallest absolute Gasteiger partial charge is 0.171 e. The minimum Gasteiger partial charge on any atom is -0.171 e. The van der Waals surface area contributed by atoms with E-state index in [-0.39, 0.29) is 0 Å². The summed E-state index contributed by atoms with van der Waals surface area (Å²) in [4.78, 5) is 0. The van der Waals surface area contributed by atoms with Gasteiger partial charge in [0, 0.05) is 0 Å². The highest BCUT2D eigenvalue weighted by atomic mass is 127. The van der Waals surface area contributed by atoms with Crippen LogP contribution in [0.3, 0.4) is 0 Å². The lowest BCUT2D eigenvalue weighted by atomic mass is 10.4. The van der Waals surface area contributed by atoms with Gasteiger partial charge in [-0.15, -0.1) is 0 Å². The van der Waals surface area contributed by atoms with E-state index in [1.165, 1.54) is 4.08 Å². The maximum Gasteiger partial charge on any atom is 0.392 e. The van der Waals surface area contributed by atoms with Crippen LogP contribution in [0.15, 0.2) is 10.2 Å². The van der Waals surface area contributed by atoms with Crippen molar-refractivity contribution < 1.29 is 13.2 Å². The molecule has 0 radical (unpaired) electrons. The van der Waals surface area contributed by atoms with Crippen LogP contribution in [-0.4, -0.2) is 6.18 Å². The normalized spacial score (nSPS) is 13.0. The van der Waals surface area contributed by atoms with Crippen LogP contribution in [0.25, 0.3) is 0 Å². The lowest BCUT2D eigenvalue weighted by Gasteiger charge is -1.98. The Bertz CT molecular complexity index is 83.8. The fraction of sp³-hybridized carbons (Fsp3) is 0.500. The van der Waals surface area contributed by atoms with Crippen LogP contribution in [0.2, 0.25) is 0 Å². The van der Waals surface area contributed by atoms with Crippen LogP contribution >= 0.6 is 22.6 Å². The fourth-order valence-corrected chi connectivity index (χ4v) is 0.432. The van der Waals surface area contributed by atoms with Crippen molar-refractivity contribution in [2.75, 3.05) is 0 Å². The predicted molar refractivity (Wildman–Crippen MR) is 33.8 cm³/mol. The van der Waals surface area contributed by atoms with Crippen molar-refractivity contribution in [2.45, 2.75) is 12.6 Å². The van der Waals surface area contributed by atoms with Gasteiger partial charge in [0.2, 0.25) is 0 Å². The molecule has 0 nitrogen and oxygen atoms in total. The minimum absolute atomic E-state index is 0.823. The topological polar surface area (TPSA) is 0 Å². The zero-order valence-corrected chi connectivity index (χ0v) is 6.03. The average Bonchev–Trinajstić information content (AvgIpc) is 1.59. The monoisotopic (exact) mass is 236 g/mol. The molecule has 0 aliphatic carbocycles. The third-order valence-electron chi connectivity index (χ3n) is 0.438. The summed E-state index contributed by atoms with van der Waals surface area (Å²) in [6.45, 7) is 0. The first-order valence-electron chi connectivity index (χ1n) is 1.88. The van der Waals surface area contributed by atoms with Gasteiger partial charge in [0.25, 0.3) is 0 Å². The Morgan fingerprint density at radius 2 is 1.88 bits per heavy atom. The molecule has 0 N–H and O–H groups in total. The van der Waals surface area contributed by atoms with E-state index in [2.05, 4.69) is 0 Å². The van der Waals surface area contributed by atoms with E-state index in [4.69, 9.17) is 0 Å². The van der Waals surface area contributed by atoms with Gasteiger partial charge in [-0.05, 0) is 4.08 Å². The molecular formula is C4H4F3I. The van der Waals surface area contributed by atoms with Gasteiger partial charge in [-0.25, -0.2) is 0 Å². The Morgan fingerprint density at radius 3 is 2.00 bits per heavy atom. The number of hydrogen-bond donors (Lipinski definition) is 0. The molecule has 0 aliphatic heterocycles. The fourth-order valence-electron chi connectivity index (χ4n) is 0.178. The van der Waals surface area contributed by atoms with Crippen molar-refractivity contribution in [3.05, 3.63) is 10.2 Å². The van der Waals surface area contributed by atoms with Crippen LogP contribution in [0.4, 0.5) is 13.2 Å². The van der Waals surface area contributed by atoms with Gasteiger partial charge in [-0.2, -0.15) is 13.2 Å². The van der Waals surface area contributed by atoms with Crippen molar-refractivity contribution in [2.24, 2.45) is 0 Å². The summed E-state index contributed by atoms with van der Waals surface area (Å²) in [5.41, 5.74) is 0. The molecule has 0 spiro atoms.